The van der Waals surface area contributed by atoms with Crippen LogP contribution in [0.5, 0.6) is 0 Å². The Morgan fingerprint density at radius 1 is 0.960 bits per heavy atom. The van der Waals surface area contributed by atoms with Gasteiger partial charge in [0.05, 0.1) is 24.6 Å². The van der Waals surface area contributed by atoms with Gasteiger partial charge in [0, 0.05) is 37.9 Å². The number of hydrogen-bond donors (Lipinski definition) is 1. The van der Waals surface area contributed by atoms with Gasteiger partial charge in [0.2, 0.25) is 5.95 Å². The average molecular weight is 339 g/mol. The molecule has 0 radical (unpaired) electrons. The second-order valence-electron chi connectivity index (χ2n) is 6.63. The molecule has 1 N–H and O–H groups in total. The Labute approximate surface area is 148 Å². The van der Waals surface area contributed by atoms with Gasteiger partial charge < -0.3 is 19.9 Å². The van der Waals surface area contributed by atoms with Crippen molar-refractivity contribution in [2.75, 3.05) is 54.5 Å². The first-order valence-electron chi connectivity index (χ1n) is 9.09. The van der Waals surface area contributed by atoms with Gasteiger partial charge in [-0.2, -0.15) is 4.98 Å². The van der Waals surface area contributed by atoms with Gasteiger partial charge in [-0.15, -0.1) is 0 Å². The number of aromatic nitrogens is 2. The van der Waals surface area contributed by atoms with E-state index >= 15 is 0 Å². The first kappa shape index (κ1) is 16.1. The molecule has 0 atom stereocenters. The molecule has 2 fully saturated rings. The molecule has 0 bridgehead atoms. The minimum absolute atomic E-state index is 0.778. The number of nitrogens with zero attached hydrogens (tertiary/aromatic N) is 4. The molecule has 132 valence electrons. The van der Waals surface area contributed by atoms with Gasteiger partial charge >= 0.3 is 0 Å². The van der Waals surface area contributed by atoms with Crippen LogP contribution in [0.15, 0.2) is 30.3 Å². The number of hydrogen-bond acceptors (Lipinski definition) is 6. The number of ether oxygens (including phenoxy) is 1. The minimum atomic E-state index is 0.778. The van der Waals surface area contributed by atoms with Crippen LogP contribution in [-0.2, 0) is 4.74 Å². The SMILES string of the molecule is Cc1cc(Nc2ccccc2N2CCOCC2)nc(N2CCCC2)n1. The third kappa shape index (κ3) is 3.69. The third-order valence-corrected chi connectivity index (χ3v) is 4.75. The first-order valence-corrected chi connectivity index (χ1v) is 9.09. The summed E-state index contributed by atoms with van der Waals surface area (Å²) >= 11 is 0. The van der Waals surface area contributed by atoms with Crippen LogP contribution >= 0.6 is 0 Å². The molecule has 2 aliphatic heterocycles. The summed E-state index contributed by atoms with van der Waals surface area (Å²) in [6, 6.07) is 10.4. The van der Waals surface area contributed by atoms with Crippen molar-refractivity contribution in [3.63, 3.8) is 0 Å². The van der Waals surface area contributed by atoms with E-state index in [4.69, 9.17) is 9.72 Å². The average Bonchev–Trinajstić information content (AvgIpc) is 3.17. The van der Waals surface area contributed by atoms with E-state index in [1.807, 2.05) is 13.0 Å². The van der Waals surface area contributed by atoms with Gasteiger partial charge in [0.15, 0.2) is 0 Å². The summed E-state index contributed by atoms with van der Waals surface area (Å²) in [5.74, 6) is 1.69. The topological polar surface area (TPSA) is 53.5 Å². The molecule has 0 unspecified atom stereocenters. The molecule has 6 heteroatoms. The molecule has 0 amide bonds. The van der Waals surface area contributed by atoms with Crippen LogP contribution in [0.25, 0.3) is 0 Å². The number of aryl methyl sites for hydroxylation is 1. The molecule has 2 aliphatic rings. The summed E-state index contributed by atoms with van der Waals surface area (Å²) in [7, 11) is 0. The Balaban J connectivity index is 1.59. The highest BCUT2D eigenvalue weighted by Crippen LogP contribution is 2.29. The van der Waals surface area contributed by atoms with E-state index in [-0.39, 0.29) is 0 Å². The second-order valence-corrected chi connectivity index (χ2v) is 6.63. The molecule has 2 saturated heterocycles. The zero-order valence-electron chi connectivity index (χ0n) is 14.7. The van der Waals surface area contributed by atoms with E-state index in [1.54, 1.807) is 0 Å². The number of anilines is 4. The van der Waals surface area contributed by atoms with Crippen LogP contribution in [0.2, 0.25) is 0 Å². The molecule has 0 spiro atoms. The maximum Gasteiger partial charge on any atom is 0.227 e. The Hall–Kier alpha value is -2.34. The monoisotopic (exact) mass is 339 g/mol. The highest BCUT2D eigenvalue weighted by Gasteiger charge is 2.18. The molecule has 0 aliphatic carbocycles. The van der Waals surface area contributed by atoms with Crippen LogP contribution in [-0.4, -0.2) is 49.4 Å². The van der Waals surface area contributed by atoms with Crippen molar-refractivity contribution in [2.45, 2.75) is 19.8 Å². The standard InChI is InChI=1S/C19H25N5O/c1-15-14-18(22-19(20-15)24-8-4-5-9-24)21-16-6-2-3-7-17(16)23-10-12-25-13-11-23/h2-3,6-7,14H,4-5,8-13H2,1H3,(H,20,21,22). The molecular weight excluding hydrogens is 314 g/mol. The summed E-state index contributed by atoms with van der Waals surface area (Å²) in [6.07, 6.45) is 2.44. The fourth-order valence-electron chi connectivity index (χ4n) is 3.47. The Morgan fingerprint density at radius 3 is 2.52 bits per heavy atom. The van der Waals surface area contributed by atoms with Crippen molar-refractivity contribution in [3.8, 4) is 0 Å². The number of rotatable bonds is 4. The maximum absolute atomic E-state index is 5.48. The highest BCUT2D eigenvalue weighted by atomic mass is 16.5. The van der Waals surface area contributed by atoms with Crippen LogP contribution < -0.4 is 15.1 Å². The largest absolute Gasteiger partial charge is 0.378 e. The van der Waals surface area contributed by atoms with E-state index in [0.717, 1.165) is 62.5 Å². The first-order chi connectivity index (χ1) is 12.3. The van der Waals surface area contributed by atoms with E-state index in [1.165, 1.54) is 18.5 Å². The second kappa shape index (κ2) is 7.27. The van der Waals surface area contributed by atoms with E-state index in [2.05, 4.69) is 44.4 Å². The smallest absolute Gasteiger partial charge is 0.227 e. The summed E-state index contributed by atoms with van der Waals surface area (Å²) in [6.45, 7) is 7.52. The van der Waals surface area contributed by atoms with Crippen LogP contribution in [0.3, 0.4) is 0 Å². The summed E-state index contributed by atoms with van der Waals surface area (Å²) in [4.78, 5) is 14.0. The van der Waals surface area contributed by atoms with E-state index in [9.17, 15) is 0 Å². The minimum Gasteiger partial charge on any atom is -0.378 e. The van der Waals surface area contributed by atoms with Gasteiger partial charge in [-0.05, 0) is 31.9 Å². The van der Waals surface area contributed by atoms with Gasteiger partial charge in [-0.25, -0.2) is 4.98 Å². The quantitative estimate of drug-likeness (QED) is 0.924. The van der Waals surface area contributed by atoms with Crippen LogP contribution in [0.4, 0.5) is 23.1 Å². The molecular formula is C19H25N5O. The lowest BCUT2D eigenvalue weighted by Gasteiger charge is -2.30. The van der Waals surface area contributed by atoms with E-state index < -0.39 is 0 Å². The van der Waals surface area contributed by atoms with Crippen molar-refractivity contribution < 1.29 is 4.74 Å². The predicted octanol–water partition coefficient (Wildman–Crippen LogP) is 2.97. The lowest BCUT2D eigenvalue weighted by molar-refractivity contribution is 0.123. The number of morpholine rings is 1. The number of benzene rings is 1. The predicted molar refractivity (Wildman–Crippen MR) is 101 cm³/mol. The molecule has 4 rings (SSSR count). The van der Waals surface area contributed by atoms with Gasteiger partial charge in [-0.3, -0.25) is 0 Å². The normalized spacial score (nSPS) is 17.8. The van der Waals surface area contributed by atoms with Gasteiger partial charge in [0.1, 0.15) is 5.82 Å². The van der Waals surface area contributed by atoms with Crippen LogP contribution in [0, 0.1) is 6.92 Å². The van der Waals surface area contributed by atoms with Crippen molar-refractivity contribution >= 4 is 23.1 Å². The molecule has 1 aromatic heterocycles. The molecule has 0 saturated carbocycles. The lowest BCUT2D eigenvalue weighted by atomic mass is 10.2. The van der Waals surface area contributed by atoms with E-state index in [0.29, 0.717) is 0 Å². The fourth-order valence-corrected chi connectivity index (χ4v) is 3.47. The molecule has 2 aromatic rings. The van der Waals surface area contributed by atoms with Crippen molar-refractivity contribution in [2.24, 2.45) is 0 Å². The Morgan fingerprint density at radius 2 is 1.72 bits per heavy atom. The summed E-state index contributed by atoms with van der Waals surface area (Å²) in [5.41, 5.74) is 3.27. The molecule has 3 heterocycles. The van der Waals surface area contributed by atoms with Crippen molar-refractivity contribution in [3.05, 3.63) is 36.0 Å². The zero-order valence-corrected chi connectivity index (χ0v) is 14.7. The van der Waals surface area contributed by atoms with Gasteiger partial charge in [-0.1, -0.05) is 12.1 Å². The Bertz CT molecular complexity index is 724. The number of para-hydroxylation sites is 2. The highest BCUT2D eigenvalue weighted by molar-refractivity contribution is 5.74. The lowest BCUT2D eigenvalue weighted by Crippen LogP contribution is -2.36. The Kier molecular flexibility index (Phi) is 4.70. The zero-order chi connectivity index (χ0) is 17.1. The van der Waals surface area contributed by atoms with Crippen molar-refractivity contribution in [1.29, 1.82) is 0 Å². The summed E-state index contributed by atoms with van der Waals surface area (Å²) < 4.78 is 5.48. The fraction of sp³-hybridized carbons (Fsp3) is 0.474. The number of nitrogens with one attached hydrogen (secondary N) is 1. The molecule has 6 nitrogen and oxygen atoms in total. The maximum atomic E-state index is 5.48. The van der Waals surface area contributed by atoms with Crippen LogP contribution in [0.1, 0.15) is 18.5 Å². The molecule has 1 aromatic carbocycles. The third-order valence-electron chi connectivity index (χ3n) is 4.75. The van der Waals surface area contributed by atoms with Crippen molar-refractivity contribution in [1.82, 2.24) is 9.97 Å². The van der Waals surface area contributed by atoms with Gasteiger partial charge in [0.25, 0.3) is 0 Å². The molecule has 25 heavy (non-hydrogen) atoms. The summed E-state index contributed by atoms with van der Waals surface area (Å²) in [5, 5.41) is 3.51.